The number of para-hydroxylation sites is 2. The summed E-state index contributed by atoms with van der Waals surface area (Å²) in [7, 11) is 3.78. The number of benzene rings is 1. The van der Waals surface area contributed by atoms with E-state index in [9.17, 15) is 0 Å². The van der Waals surface area contributed by atoms with Crippen LogP contribution >= 0.6 is 0 Å². The third-order valence-corrected chi connectivity index (χ3v) is 3.87. The van der Waals surface area contributed by atoms with E-state index in [1.54, 1.807) is 13.4 Å². The normalized spacial score (nSPS) is 14.2. The van der Waals surface area contributed by atoms with Gasteiger partial charge in [-0.3, -0.25) is 0 Å². The van der Waals surface area contributed by atoms with Crippen LogP contribution in [0.4, 0.5) is 5.69 Å². The predicted octanol–water partition coefficient (Wildman–Crippen LogP) is 3.18. The maximum atomic E-state index is 5.62. The fourth-order valence-electron chi connectivity index (χ4n) is 2.47. The molecule has 0 spiro atoms. The third kappa shape index (κ3) is 3.39. The number of hydrogen-bond donors (Lipinski definition) is 1. The minimum absolute atomic E-state index is 0.690. The average Bonchev–Trinajstić information content (AvgIpc) is 3.25. The van der Waals surface area contributed by atoms with Crippen molar-refractivity contribution in [1.29, 1.82) is 0 Å². The van der Waals surface area contributed by atoms with Crippen LogP contribution in [-0.4, -0.2) is 20.2 Å². The van der Waals surface area contributed by atoms with Crippen LogP contribution in [0.5, 0.6) is 5.75 Å². The molecule has 1 aromatic carbocycles. The molecule has 2 aromatic rings. The minimum atomic E-state index is 0.690. The summed E-state index contributed by atoms with van der Waals surface area (Å²) < 4.78 is 11.0. The van der Waals surface area contributed by atoms with E-state index in [-0.39, 0.29) is 0 Å². The molecule has 0 atom stereocenters. The van der Waals surface area contributed by atoms with Crippen LogP contribution in [-0.2, 0) is 13.1 Å². The molecule has 0 amide bonds. The summed E-state index contributed by atoms with van der Waals surface area (Å²) in [6.45, 7) is 1.62. The summed E-state index contributed by atoms with van der Waals surface area (Å²) in [5.74, 6) is 1.92. The van der Waals surface area contributed by atoms with Crippen molar-refractivity contribution < 1.29 is 9.15 Å². The fraction of sp³-hybridized carbons (Fsp3) is 0.412. The molecule has 21 heavy (non-hydrogen) atoms. The Morgan fingerprint density at radius 2 is 2.10 bits per heavy atom. The molecule has 0 aliphatic heterocycles. The van der Waals surface area contributed by atoms with Crippen LogP contribution < -0.4 is 15.0 Å². The highest BCUT2D eigenvalue weighted by Gasteiger charge is 2.21. The van der Waals surface area contributed by atoms with Gasteiger partial charge in [-0.05, 0) is 31.0 Å². The lowest BCUT2D eigenvalue weighted by molar-refractivity contribution is 0.414. The van der Waals surface area contributed by atoms with Crippen LogP contribution in [0.3, 0.4) is 0 Å². The Balaban J connectivity index is 1.69. The van der Waals surface area contributed by atoms with Crippen molar-refractivity contribution in [2.45, 2.75) is 32.0 Å². The van der Waals surface area contributed by atoms with Crippen LogP contribution in [0.15, 0.2) is 41.0 Å². The van der Waals surface area contributed by atoms with E-state index in [2.05, 4.69) is 29.4 Å². The van der Waals surface area contributed by atoms with Gasteiger partial charge in [0.1, 0.15) is 11.5 Å². The lowest BCUT2D eigenvalue weighted by Gasteiger charge is -2.21. The first-order valence-electron chi connectivity index (χ1n) is 7.40. The van der Waals surface area contributed by atoms with E-state index in [1.807, 2.05) is 18.2 Å². The minimum Gasteiger partial charge on any atom is -0.495 e. The second kappa shape index (κ2) is 6.22. The number of nitrogens with one attached hydrogen (secondary N) is 1. The van der Waals surface area contributed by atoms with Crippen molar-refractivity contribution in [3.63, 3.8) is 0 Å². The molecule has 1 saturated carbocycles. The fourth-order valence-corrected chi connectivity index (χ4v) is 2.47. The van der Waals surface area contributed by atoms with E-state index in [1.165, 1.54) is 18.4 Å². The highest BCUT2D eigenvalue weighted by molar-refractivity contribution is 5.58. The molecule has 1 aliphatic carbocycles. The molecule has 1 heterocycles. The molecule has 4 heteroatoms. The number of anilines is 1. The van der Waals surface area contributed by atoms with Gasteiger partial charge in [0.05, 0.1) is 25.6 Å². The van der Waals surface area contributed by atoms with Crippen molar-refractivity contribution in [2.24, 2.45) is 0 Å². The molecule has 0 radical (unpaired) electrons. The quantitative estimate of drug-likeness (QED) is 0.848. The summed E-state index contributed by atoms with van der Waals surface area (Å²) >= 11 is 0. The standard InChI is InChI=1S/C17H22N2O2/c1-19(15-5-3-4-6-16(15)20-2)12-13-9-10-21-17(13)11-18-14-7-8-14/h3-6,9-10,14,18H,7-8,11-12H2,1-2H3. The molecule has 4 nitrogen and oxygen atoms in total. The maximum absolute atomic E-state index is 5.62. The molecule has 0 unspecified atom stereocenters. The van der Waals surface area contributed by atoms with Gasteiger partial charge < -0.3 is 19.4 Å². The van der Waals surface area contributed by atoms with E-state index < -0.39 is 0 Å². The molecule has 1 aliphatic rings. The molecule has 1 aromatic heterocycles. The second-order valence-corrected chi connectivity index (χ2v) is 5.55. The Bertz CT molecular complexity index is 590. The Morgan fingerprint density at radius 1 is 1.29 bits per heavy atom. The number of methoxy groups -OCH3 is 1. The summed E-state index contributed by atoms with van der Waals surface area (Å²) in [4.78, 5) is 2.18. The zero-order valence-corrected chi connectivity index (χ0v) is 12.6. The SMILES string of the molecule is COc1ccccc1N(C)Cc1ccoc1CNC1CC1. The Morgan fingerprint density at radius 3 is 2.86 bits per heavy atom. The first kappa shape index (κ1) is 14.0. The molecule has 1 fully saturated rings. The number of furan rings is 1. The highest BCUT2D eigenvalue weighted by atomic mass is 16.5. The molecule has 1 N–H and O–H groups in total. The number of ether oxygens (including phenoxy) is 1. The van der Waals surface area contributed by atoms with E-state index in [4.69, 9.17) is 9.15 Å². The Hall–Kier alpha value is -1.94. The monoisotopic (exact) mass is 286 g/mol. The molecule has 3 rings (SSSR count). The van der Waals surface area contributed by atoms with Gasteiger partial charge in [-0.25, -0.2) is 0 Å². The Labute approximate surface area is 125 Å². The zero-order chi connectivity index (χ0) is 14.7. The van der Waals surface area contributed by atoms with Crippen molar-refractivity contribution in [3.8, 4) is 5.75 Å². The maximum Gasteiger partial charge on any atom is 0.142 e. The number of hydrogen-bond acceptors (Lipinski definition) is 4. The molecule has 112 valence electrons. The average molecular weight is 286 g/mol. The molecule has 0 bridgehead atoms. The van der Waals surface area contributed by atoms with Gasteiger partial charge in [0, 0.05) is 25.2 Å². The van der Waals surface area contributed by atoms with Crippen LogP contribution in [0.25, 0.3) is 0 Å². The van der Waals surface area contributed by atoms with Crippen molar-refractivity contribution in [1.82, 2.24) is 5.32 Å². The van der Waals surface area contributed by atoms with Crippen molar-refractivity contribution in [3.05, 3.63) is 47.9 Å². The molecular weight excluding hydrogens is 264 g/mol. The topological polar surface area (TPSA) is 37.6 Å². The largest absolute Gasteiger partial charge is 0.495 e. The van der Waals surface area contributed by atoms with E-state index in [0.29, 0.717) is 6.04 Å². The van der Waals surface area contributed by atoms with Gasteiger partial charge in [0.25, 0.3) is 0 Å². The second-order valence-electron chi connectivity index (χ2n) is 5.55. The van der Waals surface area contributed by atoms with Gasteiger partial charge >= 0.3 is 0 Å². The van der Waals surface area contributed by atoms with Gasteiger partial charge in [-0.15, -0.1) is 0 Å². The highest BCUT2D eigenvalue weighted by Crippen LogP contribution is 2.28. The van der Waals surface area contributed by atoms with Gasteiger partial charge in [0.15, 0.2) is 0 Å². The van der Waals surface area contributed by atoms with E-state index in [0.717, 1.165) is 30.3 Å². The first-order chi connectivity index (χ1) is 10.3. The smallest absolute Gasteiger partial charge is 0.142 e. The van der Waals surface area contributed by atoms with Crippen LogP contribution in [0, 0.1) is 0 Å². The summed E-state index contributed by atoms with van der Waals surface area (Å²) in [5, 5.41) is 3.50. The number of nitrogens with zero attached hydrogens (tertiary/aromatic N) is 1. The predicted molar refractivity (Wildman–Crippen MR) is 83.7 cm³/mol. The van der Waals surface area contributed by atoms with Crippen LogP contribution in [0.2, 0.25) is 0 Å². The van der Waals surface area contributed by atoms with Crippen molar-refractivity contribution >= 4 is 5.69 Å². The van der Waals surface area contributed by atoms with E-state index >= 15 is 0 Å². The summed E-state index contributed by atoms with van der Waals surface area (Å²) in [5.41, 5.74) is 2.30. The zero-order valence-electron chi connectivity index (χ0n) is 12.6. The Kier molecular flexibility index (Phi) is 4.15. The van der Waals surface area contributed by atoms with Crippen molar-refractivity contribution in [2.75, 3.05) is 19.1 Å². The summed E-state index contributed by atoms with van der Waals surface area (Å²) in [6.07, 6.45) is 4.35. The lowest BCUT2D eigenvalue weighted by Crippen LogP contribution is -2.20. The number of rotatable bonds is 7. The lowest BCUT2D eigenvalue weighted by atomic mass is 10.2. The van der Waals surface area contributed by atoms with Gasteiger partial charge in [-0.1, -0.05) is 12.1 Å². The summed E-state index contributed by atoms with van der Waals surface area (Å²) in [6, 6.07) is 10.8. The molecule has 0 saturated heterocycles. The third-order valence-electron chi connectivity index (χ3n) is 3.87. The van der Waals surface area contributed by atoms with Gasteiger partial charge in [0.2, 0.25) is 0 Å². The first-order valence-corrected chi connectivity index (χ1v) is 7.40. The van der Waals surface area contributed by atoms with Gasteiger partial charge in [-0.2, -0.15) is 0 Å². The van der Waals surface area contributed by atoms with Crippen LogP contribution in [0.1, 0.15) is 24.2 Å². The molecular formula is C17H22N2O2.